The minimum absolute atomic E-state index is 0.0450. The molecule has 1 atom stereocenters. The van der Waals surface area contributed by atoms with Crippen molar-refractivity contribution < 1.29 is 9.00 Å². The molecule has 4 nitrogen and oxygen atoms in total. The standard InChI is InChI=1S/C8H18N2O2S/c1-10(6-3-5-9)8(11)4-7-13(2)12/h3-7,9H2,1-2H3. The van der Waals surface area contributed by atoms with Gasteiger partial charge in [0.15, 0.2) is 0 Å². The van der Waals surface area contributed by atoms with Crippen LogP contribution in [0.25, 0.3) is 0 Å². The van der Waals surface area contributed by atoms with Crippen molar-refractivity contribution in [2.24, 2.45) is 5.73 Å². The third-order valence-corrected chi connectivity index (χ3v) is 2.51. The number of hydrogen-bond donors (Lipinski definition) is 1. The number of carbonyl (C=O) groups excluding carboxylic acids is 1. The van der Waals surface area contributed by atoms with Crippen molar-refractivity contribution in [1.82, 2.24) is 4.90 Å². The monoisotopic (exact) mass is 206 g/mol. The third-order valence-electron chi connectivity index (χ3n) is 1.73. The molecule has 13 heavy (non-hydrogen) atoms. The van der Waals surface area contributed by atoms with Gasteiger partial charge in [-0.25, -0.2) is 0 Å². The Morgan fingerprint density at radius 2 is 2.15 bits per heavy atom. The van der Waals surface area contributed by atoms with Crippen molar-refractivity contribution in [2.75, 3.05) is 32.1 Å². The van der Waals surface area contributed by atoms with Crippen molar-refractivity contribution in [3.05, 3.63) is 0 Å². The van der Waals surface area contributed by atoms with Crippen LogP contribution in [0.15, 0.2) is 0 Å². The van der Waals surface area contributed by atoms with Gasteiger partial charge >= 0.3 is 0 Å². The van der Waals surface area contributed by atoms with Crippen LogP contribution in [-0.4, -0.2) is 47.2 Å². The molecule has 78 valence electrons. The van der Waals surface area contributed by atoms with E-state index in [1.165, 1.54) is 0 Å². The first-order valence-corrected chi connectivity index (χ1v) is 6.04. The third kappa shape index (κ3) is 6.72. The number of nitrogens with two attached hydrogens (primary N) is 1. The Bertz CT molecular complexity index is 185. The molecule has 0 aromatic rings. The van der Waals surface area contributed by atoms with Crippen LogP contribution >= 0.6 is 0 Å². The fourth-order valence-corrected chi connectivity index (χ4v) is 1.34. The van der Waals surface area contributed by atoms with Gasteiger partial charge in [0, 0.05) is 42.8 Å². The first kappa shape index (κ1) is 12.6. The van der Waals surface area contributed by atoms with Crippen LogP contribution < -0.4 is 5.73 Å². The molecule has 0 rings (SSSR count). The van der Waals surface area contributed by atoms with E-state index in [0.717, 1.165) is 6.42 Å². The lowest BCUT2D eigenvalue weighted by Gasteiger charge is -2.15. The van der Waals surface area contributed by atoms with Gasteiger partial charge in [0.05, 0.1) is 0 Å². The Labute approximate surface area is 81.9 Å². The quantitative estimate of drug-likeness (QED) is 0.641. The van der Waals surface area contributed by atoms with Crippen LogP contribution in [-0.2, 0) is 15.6 Å². The highest BCUT2D eigenvalue weighted by Crippen LogP contribution is 1.93. The zero-order valence-electron chi connectivity index (χ0n) is 8.28. The molecule has 0 spiro atoms. The van der Waals surface area contributed by atoms with Crippen LogP contribution in [0.5, 0.6) is 0 Å². The lowest BCUT2D eigenvalue weighted by atomic mass is 10.3. The van der Waals surface area contributed by atoms with Gasteiger partial charge in [-0.05, 0) is 13.0 Å². The second-order valence-electron chi connectivity index (χ2n) is 2.98. The molecule has 0 saturated carbocycles. The normalized spacial score (nSPS) is 12.5. The number of nitrogens with zero attached hydrogens (tertiary/aromatic N) is 1. The SMILES string of the molecule is CN(CCCN)C(=O)CCS(C)=O. The van der Waals surface area contributed by atoms with Gasteiger partial charge in [0.1, 0.15) is 0 Å². The minimum atomic E-state index is -0.881. The van der Waals surface area contributed by atoms with Crippen LogP contribution in [0.3, 0.4) is 0 Å². The van der Waals surface area contributed by atoms with Crippen molar-refractivity contribution in [1.29, 1.82) is 0 Å². The molecule has 5 heteroatoms. The smallest absolute Gasteiger partial charge is 0.223 e. The summed E-state index contributed by atoms with van der Waals surface area (Å²) in [6, 6.07) is 0. The number of amides is 1. The van der Waals surface area contributed by atoms with Gasteiger partial charge in [0.25, 0.3) is 0 Å². The van der Waals surface area contributed by atoms with E-state index in [1.54, 1.807) is 18.2 Å². The molecule has 0 heterocycles. The maximum Gasteiger partial charge on any atom is 0.223 e. The molecule has 1 unspecified atom stereocenters. The molecule has 0 saturated heterocycles. The van der Waals surface area contributed by atoms with Crippen LogP contribution in [0.2, 0.25) is 0 Å². The Morgan fingerprint density at radius 1 is 1.54 bits per heavy atom. The van der Waals surface area contributed by atoms with Crippen molar-refractivity contribution in [2.45, 2.75) is 12.8 Å². The zero-order chi connectivity index (χ0) is 10.3. The summed E-state index contributed by atoms with van der Waals surface area (Å²) in [5.74, 6) is 0.495. The van der Waals surface area contributed by atoms with Gasteiger partial charge in [-0.15, -0.1) is 0 Å². The van der Waals surface area contributed by atoms with Crippen LogP contribution in [0.1, 0.15) is 12.8 Å². The molecule has 2 N–H and O–H groups in total. The van der Waals surface area contributed by atoms with E-state index in [4.69, 9.17) is 5.73 Å². The molecule has 0 bridgehead atoms. The maximum absolute atomic E-state index is 11.3. The van der Waals surface area contributed by atoms with E-state index in [1.807, 2.05) is 0 Å². The summed E-state index contributed by atoms with van der Waals surface area (Å²) >= 11 is 0. The second kappa shape index (κ2) is 7.03. The van der Waals surface area contributed by atoms with Gasteiger partial charge in [-0.3, -0.25) is 9.00 Å². The summed E-state index contributed by atoms with van der Waals surface area (Å²) in [4.78, 5) is 12.9. The molecule has 0 fully saturated rings. The summed E-state index contributed by atoms with van der Waals surface area (Å²) in [7, 11) is 0.866. The first-order valence-electron chi connectivity index (χ1n) is 4.32. The molecular weight excluding hydrogens is 188 g/mol. The fourth-order valence-electron chi connectivity index (χ4n) is 0.875. The summed E-state index contributed by atoms with van der Waals surface area (Å²) in [5, 5.41) is 0. The van der Waals surface area contributed by atoms with E-state index in [-0.39, 0.29) is 5.91 Å². The molecule has 0 aliphatic carbocycles. The highest BCUT2D eigenvalue weighted by atomic mass is 32.2. The van der Waals surface area contributed by atoms with Gasteiger partial charge < -0.3 is 10.6 Å². The van der Waals surface area contributed by atoms with Crippen LogP contribution in [0, 0.1) is 0 Å². The molecule has 0 aliphatic heterocycles. The number of carbonyl (C=O) groups is 1. The molecule has 0 aliphatic rings. The predicted octanol–water partition coefficient (Wildman–Crippen LogP) is -0.438. The van der Waals surface area contributed by atoms with Gasteiger partial charge in [-0.2, -0.15) is 0 Å². The lowest BCUT2D eigenvalue weighted by molar-refractivity contribution is -0.129. The first-order chi connectivity index (χ1) is 6.07. The molecule has 0 radical (unpaired) electrons. The largest absolute Gasteiger partial charge is 0.346 e. The molecule has 1 amide bonds. The summed E-state index contributed by atoms with van der Waals surface area (Å²) < 4.78 is 10.7. The predicted molar refractivity (Wildman–Crippen MR) is 54.9 cm³/mol. The fraction of sp³-hybridized carbons (Fsp3) is 0.875. The van der Waals surface area contributed by atoms with E-state index in [9.17, 15) is 9.00 Å². The highest BCUT2D eigenvalue weighted by Gasteiger charge is 2.07. The van der Waals surface area contributed by atoms with Gasteiger partial charge in [-0.1, -0.05) is 0 Å². The van der Waals surface area contributed by atoms with Crippen molar-refractivity contribution in [3.63, 3.8) is 0 Å². The van der Waals surface area contributed by atoms with E-state index < -0.39 is 10.8 Å². The maximum atomic E-state index is 11.3. The zero-order valence-corrected chi connectivity index (χ0v) is 9.10. The molecule has 0 aromatic carbocycles. The Morgan fingerprint density at radius 3 is 2.62 bits per heavy atom. The lowest BCUT2D eigenvalue weighted by Crippen LogP contribution is -2.29. The molecular formula is C8H18N2O2S. The van der Waals surface area contributed by atoms with Gasteiger partial charge in [0.2, 0.25) is 5.91 Å². The topological polar surface area (TPSA) is 63.4 Å². The van der Waals surface area contributed by atoms with Crippen molar-refractivity contribution >= 4 is 16.7 Å². The molecule has 0 aromatic heterocycles. The minimum Gasteiger partial charge on any atom is -0.346 e. The summed E-state index contributed by atoms with van der Waals surface area (Å²) in [5.41, 5.74) is 5.31. The number of hydrogen-bond acceptors (Lipinski definition) is 3. The second-order valence-corrected chi connectivity index (χ2v) is 4.54. The van der Waals surface area contributed by atoms with E-state index in [2.05, 4.69) is 0 Å². The average Bonchev–Trinajstić information content (AvgIpc) is 2.10. The van der Waals surface area contributed by atoms with E-state index in [0.29, 0.717) is 25.3 Å². The van der Waals surface area contributed by atoms with E-state index >= 15 is 0 Å². The Kier molecular flexibility index (Phi) is 6.80. The Hall–Kier alpha value is -0.420. The highest BCUT2D eigenvalue weighted by molar-refractivity contribution is 7.84. The summed E-state index contributed by atoms with van der Waals surface area (Å²) in [6.45, 7) is 1.28. The van der Waals surface area contributed by atoms with Crippen LogP contribution in [0.4, 0.5) is 0 Å². The average molecular weight is 206 g/mol. The van der Waals surface area contributed by atoms with Crippen molar-refractivity contribution in [3.8, 4) is 0 Å². The number of rotatable bonds is 6. The Balaban J connectivity index is 3.63. The summed E-state index contributed by atoms with van der Waals surface area (Å²) in [6.07, 6.45) is 2.79.